The lowest BCUT2D eigenvalue weighted by molar-refractivity contribution is -0.137. The van der Waals surface area contributed by atoms with Gasteiger partial charge in [-0.05, 0) is 44.2 Å². The molecule has 0 aromatic heterocycles. The third-order valence-electron chi connectivity index (χ3n) is 3.67. The standard InChI is InChI=1S/C18H22N2O3/c1-12-10-13-6-4-5-7-14(13)15(11-12)19-17(23)20-18(2,3)9-8-16(21)22/h4-7,10-11H,8-9H2,1-3H3,(H,21,22)(H2,19,20,23). The van der Waals surface area contributed by atoms with Crippen LogP contribution in [0.15, 0.2) is 36.4 Å². The molecule has 0 unspecified atom stereocenters. The monoisotopic (exact) mass is 314 g/mol. The van der Waals surface area contributed by atoms with E-state index in [0.717, 1.165) is 22.0 Å². The number of urea groups is 1. The molecule has 2 amide bonds. The number of rotatable bonds is 5. The number of carbonyl (C=O) groups is 2. The van der Waals surface area contributed by atoms with Gasteiger partial charge < -0.3 is 15.7 Å². The van der Waals surface area contributed by atoms with E-state index in [9.17, 15) is 9.59 Å². The molecule has 2 rings (SSSR count). The molecule has 0 aliphatic heterocycles. The molecular formula is C18H22N2O3. The van der Waals surface area contributed by atoms with Gasteiger partial charge in [-0.2, -0.15) is 0 Å². The highest BCUT2D eigenvalue weighted by molar-refractivity contribution is 6.02. The van der Waals surface area contributed by atoms with Crippen LogP contribution in [0.2, 0.25) is 0 Å². The van der Waals surface area contributed by atoms with Crippen LogP contribution in [0.5, 0.6) is 0 Å². The number of carboxylic acid groups (broad SMARTS) is 1. The smallest absolute Gasteiger partial charge is 0.319 e. The lowest BCUT2D eigenvalue weighted by atomic mass is 9.99. The Morgan fingerprint density at radius 2 is 1.87 bits per heavy atom. The highest BCUT2D eigenvalue weighted by Crippen LogP contribution is 2.25. The molecule has 5 heteroatoms. The van der Waals surface area contributed by atoms with Crippen molar-refractivity contribution >= 4 is 28.5 Å². The lowest BCUT2D eigenvalue weighted by Gasteiger charge is -2.26. The van der Waals surface area contributed by atoms with E-state index in [2.05, 4.69) is 16.7 Å². The van der Waals surface area contributed by atoms with Gasteiger partial charge in [0.1, 0.15) is 0 Å². The van der Waals surface area contributed by atoms with Gasteiger partial charge in [-0.25, -0.2) is 4.79 Å². The van der Waals surface area contributed by atoms with Gasteiger partial charge in [0.2, 0.25) is 0 Å². The fraction of sp³-hybridized carbons (Fsp3) is 0.333. The van der Waals surface area contributed by atoms with Crippen LogP contribution in [-0.4, -0.2) is 22.6 Å². The topological polar surface area (TPSA) is 78.4 Å². The number of carboxylic acids is 1. The first-order valence-corrected chi connectivity index (χ1v) is 7.57. The van der Waals surface area contributed by atoms with Crippen molar-refractivity contribution in [1.82, 2.24) is 5.32 Å². The van der Waals surface area contributed by atoms with E-state index in [1.54, 1.807) is 0 Å². The molecule has 0 aliphatic rings. The molecule has 0 atom stereocenters. The highest BCUT2D eigenvalue weighted by Gasteiger charge is 2.21. The van der Waals surface area contributed by atoms with Crippen LogP contribution >= 0.6 is 0 Å². The summed E-state index contributed by atoms with van der Waals surface area (Å²) in [4.78, 5) is 22.9. The Morgan fingerprint density at radius 3 is 2.57 bits per heavy atom. The summed E-state index contributed by atoms with van der Waals surface area (Å²) < 4.78 is 0. The van der Waals surface area contributed by atoms with Crippen LogP contribution in [0.25, 0.3) is 10.8 Å². The molecule has 23 heavy (non-hydrogen) atoms. The zero-order valence-electron chi connectivity index (χ0n) is 13.6. The predicted molar refractivity (Wildman–Crippen MR) is 91.8 cm³/mol. The van der Waals surface area contributed by atoms with Crippen LogP contribution in [0.4, 0.5) is 10.5 Å². The predicted octanol–water partition coefficient (Wildman–Crippen LogP) is 3.91. The molecule has 0 fully saturated rings. The summed E-state index contributed by atoms with van der Waals surface area (Å²) in [5.74, 6) is -0.870. The molecule has 0 saturated carbocycles. The van der Waals surface area contributed by atoms with Crippen LogP contribution < -0.4 is 10.6 Å². The summed E-state index contributed by atoms with van der Waals surface area (Å²) in [5.41, 5.74) is 1.21. The molecule has 2 aromatic rings. The molecule has 0 spiro atoms. The first-order chi connectivity index (χ1) is 10.8. The van der Waals surface area contributed by atoms with E-state index in [1.807, 2.05) is 51.1 Å². The minimum atomic E-state index is -0.870. The van der Waals surface area contributed by atoms with Gasteiger partial charge in [0, 0.05) is 17.3 Å². The van der Waals surface area contributed by atoms with Gasteiger partial charge in [-0.15, -0.1) is 0 Å². The van der Waals surface area contributed by atoms with Gasteiger partial charge in [0.05, 0.1) is 5.69 Å². The van der Waals surface area contributed by atoms with E-state index in [1.165, 1.54) is 0 Å². The molecule has 0 saturated heterocycles. The molecule has 0 aliphatic carbocycles. The first-order valence-electron chi connectivity index (χ1n) is 7.57. The Morgan fingerprint density at radius 1 is 1.17 bits per heavy atom. The Labute approximate surface area is 135 Å². The molecule has 3 N–H and O–H groups in total. The second kappa shape index (κ2) is 6.69. The van der Waals surface area contributed by atoms with Gasteiger partial charge in [-0.3, -0.25) is 4.79 Å². The average Bonchev–Trinajstić information content (AvgIpc) is 2.44. The molecule has 2 aromatic carbocycles. The third-order valence-corrected chi connectivity index (χ3v) is 3.67. The van der Waals surface area contributed by atoms with Gasteiger partial charge >= 0.3 is 12.0 Å². The van der Waals surface area contributed by atoms with E-state index in [4.69, 9.17) is 5.11 Å². The molecule has 5 nitrogen and oxygen atoms in total. The number of aliphatic carboxylic acids is 1. The number of carbonyl (C=O) groups excluding carboxylic acids is 1. The number of anilines is 1. The Hall–Kier alpha value is -2.56. The van der Waals surface area contributed by atoms with Crippen molar-refractivity contribution in [3.8, 4) is 0 Å². The van der Waals surface area contributed by atoms with E-state index >= 15 is 0 Å². The number of benzene rings is 2. The van der Waals surface area contributed by atoms with Crippen molar-refractivity contribution in [2.45, 2.75) is 39.2 Å². The van der Waals surface area contributed by atoms with E-state index in [0.29, 0.717) is 6.42 Å². The maximum atomic E-state index is 12.3. The third kappa shape index (κ3) is 4.71. The average molecular weight is 314 g/mol. The van der Waals surface area contributed by atoms with Crippen molar-refractivity contribution in [2.75, 3.05) is 5.32 Å². The summed E-state index contributed by atoms with van der Waals surface area (Å²) in [6.45, 7) is 5.60. The number of nitrogens with one attached hydrogen (secondary N) is 2. The SMILES string of the molecule is Cc1cc(NC(=O)NC(C)(C)CCC(=O)O)c2ccccc2c1. The lowest BCUT2D eigenvalue weighted by Crippen LogP contribution is -2.45. The zero-order chi connectivity index (χ0) is 17.0. The first kappa shape index (κ1) is 16.8. The summed E-state index contributed by atoms with van der Waals surface area (Å²) in [6.07, 6.45) is 0.380. The number of hydrogen-bond acceptors (Lipinski definition) is 2. The zero-order valence-corrected chi connectivity index (χ0v) is 13.6. The molecule has 0 bridgehead atoms. The van der Waals surface area contributed by atoms with Gasteiger partial charge in [0.25, 0.3) is 0 Å². The van der Waals surface area contributed by atoms with Crippen LogP contribution in [-0.2, 0) is 4.79 Å². The normalized spacial score (nSPS) is 11.3. The van der Waals surface area contributed by atoms with Gasteiger partial charge in [0.15, 0.2) is 0 Å². The minimum Gasteiger partial charge on any atom is -0.481 e. The van der Waals surface area contributed by atoms with Crippen LogP contribution in [0, 0.1) is 6.92 Å². The highest BCUT2D eigenvalue weighted by atomic mass is 16.4. The maximum absolute atomic E-state index is 12.3. The maximum Gasteiger partial charge on any atom is 0.319 e. The number of hydrogen-bond donors (Lipinski definition) is 3. The number of fused-ring (bicyclic) bond motifs is 1. The van der Waals surface area contributed by atoms with E-state index < -0.39 is 11.5 Å². The summed E-state index contributed by atoms with van der Waals surface area (Å²) >= 11 is 0. The van der Waals surface area contributed by atoms with Crippen LogP contribution in [0.1, 0.15) is 32.3 Å². The fourth-order valence-electron chi connectivity index (χ4n) is 2.51. The van der Waals surface area contributed by atoms with Crippen molar-refractivity contribution < 1.29 is 14.7 Å². The fourth-order valence-corrected chi connectivity index (χ4v) is 2.51. The summed E-state index contributed by atoms with van der Waals surface area (Å²) in [5, 5.41) is 16.5. The van der Waals surface area contributed by atoms with Crippen molar-refractivity contribution in [3.05, 3.63) is 42.0 Å². The second-order valence-electron chi connectivity index (χ2n) is 6.39. The van der Waals surface area contributed by atoms with Crippen molar-refractivity contribution in [3.63, 3.8) is 0 Å². The Bertz CT molecular complexity index is 738. The Kier molecular flexibility index (Phi) is 4.89. The summed E-state index contributed by atoms with van der Waals surface area (Å²) in [6, 6.07) is 11.5. The number of amides is 2. The van der Waals surface area contributed by atoms with Crippen molar-refractivity contribution in [2.24, 2.45) is 0 Å². The van der Waals surface area contributed by atoms with Crippen LogP contribution in [0.3, 0.4) is 0 Å². The quantitative estimate of drug-likeness (QED) is 0.783. The van der Waals surface area contributed by atoms with Crippen molar-refractivity contribution in [1.29, 1.82) is 0 Å². The summed E-state index contributed by atoms with van der Waals surface area (Å²) in [7, 11) is 0. The minimum absolute atomic E-state index is 0.0145. The molecule has 0 heterocycles. The molecular weight excluding hydrogens is 292 g/mol. The Balaban J connectivity index is 2.13. The molecule has 122 valence electrons. The second-order valence-corrected chi connectivity index (χ2v) is 6.39. The van der Waals surface area contributed by atoms with Gasteiger partial charge in [-0.1, -0.05) is 30.3 Å². The largest absolute Gasteiger partial charge is 0.481 e. The molecule has 0 radical (unpaired) electrons. The number of aryl methyl sites for hydroxylation is 1. The van der Waals surface area contributed by atoms with E-state index in [-0.39, 0.29) is 12.5 Å².